The summed E-state index contributed by atoms with van der Waals surface area (Å²) in [5.74, 6) is 0.590. The predicted molar refractivity (Wildman–Crippen MR) is 129 cm³/mol. The molecule has 3 aromatic rings. The number of carbonyl (C=O) groups excluding carboxylic acids is 1. The van der Waals surface area contributed by atoms with Crippen LogP contribution in [0.1, 0.15) is 22.7 Å². The quantitative estimate of drug-likeness (QED) is 0.304. The second kappa shape index (κ2) is 10.5. The Hall–Kier alpha value is -3.72. The summed E-state index contributed by atoms with van der Waals surface area (Å²) in [5.41, 5.74) is 8.92. The van der Waals surface area contributed by atoms with Crippen LogP contribution in [0.2, 0.25) is 0 Å². The highest BCUT2D eigenvalue weighted by atomic mass is 16.5. The summed E-state index contributed by atoms with van der Waals surface area (Å²) in [7, 11) is 3.19. The first-order valence-corrected chi connectivity index (χ1v) is 10.9. The van der Waals surface area contributed by atoms with Crippen LogP contribution in [-0.4, -0.2) is 38.0 Å². The molecule has 0 aliphatic carbocycles. The van der Waals surface area contributed by atoms with Crippen LogP contribution in [0.25, 0.3) is 0 Å². The Morgan fingerprint density at radius 3 is 2.21 bits per heavy atom. The maximum atomic E-state index is 13.2. The first kappa shape index (κ1) is 23.4. The van der Waals surface area contributed by atoms with Gasteiger partial charge in [-0.15, -0.1) is 0 Å². The van der Waals surface area contributed by atoms with Crippen molar-refractivity contribution in [3.63, 3.8) is 0 Å². The van der Waals surface area contributed by atoms with Crippen LogP contribution in [0.15, 0.2) is 84.0 Å². The zero-order chi connectivity index (χ0) is 24.0. The van der Waals surface area contributed by atoms with Crippen LogP contribution in [-0.2, 0) is 10.4 Å². The number of nitrogens with zero attached hydrogens (tertiary/aromatic N) is 1. The van der Waals surface area contributed by atoms with Gasteiger partial charge in [0.2, 0.25) is 0 Å². The normalized spacial score (nSPS) is 18.1. The van der Waals surface area contributed by atoms with Gasteiger partial charge in [0.25, 0.3) is 5.91 Å². The van der Waals surface area contributed by atoms with Crippen LogP contribution in [0.3, 0.4) is 0 Å². The van der Waals surface area contributed by atoms with E-state index in [1.54, 1.807) is 69.0 Å². The summed E-state index contributed by atoms with van der Waals surface area (Å²) >= 11 is 0. The van der Waals surface area contributed by atoms with Gasteiger partial charge in [-0.1, -0.05) is 66.7 Å². The van der Waals surface area contributed by atoms with E-state index >= 15 is 0 Å². The summed E-state index contributed by atoms with van der Waals surface area (Å²) in [6.07, 6.45) is 1.67. The number of carbonyl (C=O) groups is 1. The van der Waals surface area contributed by atoms with E-state index in [0.717, 1.165) is 5.56 Å². The van der Waals surface area contributed by atoms with Crippen LogP contribution in [0.4, 0.5) is 0 Å². The molecule has 4 N–H and O–H groups in total. The fraction of sp³-hybridized carbons (Fsp3) is 0.231. The van der Waals surface area contributed by atoms with Gasteiger partial charge in [0.05, 0.1) is 20.3 Å². The van der Waals surface area contributed by atoms with Gasteiger partial charge < -0.3 is 14.6 Å². The summed E-state index contributed by atoms with van der Waals surface area (Å²) in [6, 6.07) is 23.3. The first-order valence-electron chi connectivity index (χ1n) is 10.9. The molecule has 0 saturated carbocycles. The zero-order valence-electron chi connectivity index (χ0n) is 19.1. The lowest BCUT2D eigenvalue weighted by Crippen LogP contribution is -2.43. The maximum Gasteiger partial charge on any atom is 0.281 e. The molecule has 8 nitrogen and oxygen atoms in total. The minimum Gasteiger partial charge on any atom is -0.493 e. The second-order valence-electron chi connectivity index (χ2n) is 7.94. The fourth-order valence-corrected chi connectivity index (χ4v) is 4.09. The first-order chi connectivity index (χ1) is 16.6. The number of ether oxygens (including phenoxy) is 2. The highest BCUT2D eigenvalue weighted by Gasteiger charge is 2.40. The number of hydrogen-bond donors (Lipinski definition) is 4. The number of aliphatic hydroxyl groups is 1. The summed E-state index contributed by atoms with van der Waals surface area (Å²) in [5, 5.41) is 15.7. The summed E-state index contributed by atoms with van der Waals surface area (Å²) < 4.78 is 10.7. The van der Waals surface area contributed by atoms with Crippen molar-refractivity contribution in [1.29, 1.82) is 0 Å². The highest BCUT2D eigenvalue weighted by Crippen LogP contribution is 2.33. The Kier molecular flexibility index (Phi) is 7.22. The lowest BCUT2D eigenvalue weighted by Gasteiger charge is -2.27. The van der Waals surface area contributed by atoms with Crippen LogP contribution >= 0.6 is 0 Å². The molecule has 34 heavy (non-hydrogen) atoms. The van der Waals surface area contributed by atoms with E-state index in [4.69, 9.17) is 9.47 Å². The molecule has 1 aliphatic heterocycles. The number of methoxy groups -OCH3 is 2. The van der Waals surface area contributed by atoms with Gasteiger partial charge in [0.15, 0.2) is 17.1 Å². The van der Waals surface area contributed by atoms with Crippen molar-refractivity contribution >= 4 is 12.1 Å². The summed E-state index contributed by atoms with van der Waals surface area (Å²) in [4.78, 5) is 13.2. The molecule has 1 aliphatic rings. The van der Waals surface area contributed by atoms with E-state index in [0.29, 0.717) is 29.2 Å². The maximum absolute atomic E-state index is 13.2. The molecule has 2 atom stereocenters. The van der Waals surface area contributed by atoms with Gasteiger partial charge in [-0.05, 0) is 28.8 Å². The number of amides is 1. The van der Waals surface area contributed by atoms with E-state index in [2.05, 4.69) is 21.4 Å². The zero-order valence-corrected chi connectivity index (χ0v) is 19.1. The van der Waals surface area contributed by atoms with Crippen molar-refractivity contribution in [3.8, 4) is 11.5 Å². The van der Waals surface area contributed by atoms with Crippen molar-refractivity contribution in [3.05, 3.63) is 95.6 Å². The van der Waals surface area contributed by atoms with E-state index in [1.165, 1.54) is 0 Å². The molecule has 0 aromatic heterocycles. The number of hydrazine groups is 1. The average Bonchev–Trinajstić information content (AvgIpc) is 3.37. The Morgan fingerprint density at radius 1 is 1.00 bits per heavy atom. The van der Waals surface area contributed by atoms with Crippen molar-refractivity contribution in [2.45, 2.75) is 11.6 Å². The molecule has 0 spiro atoms. The molecule has 8 heteroatoms. The lowest BCUT2D eigenvalue weighted by molar-refractivity contribution is -0.136. The molecular formula is C26H28N4O4. The topological polar surface area (TPSA) is 104 Å². The Morgan fingerprint density at radius 2 is 1.62 bits per heavy atom. The smallest absolute Gasteiger partial charge is 0.281 e. The summed E-state index contributed by atoms with van der Waals surface area (Å²) in [6.45, 7) is 0.611. The van der Waals surface area contributed by atoms with Crippen LogP contribution < -0.4 is 25.8 Å². The van der Waals surface area contributed by atoms with Crippen molar-refractivity contribution in [2.24, 2.45) is 11.0 Å². The van der Waals surface area contributed by atoms with Crippen molar-refractivity contribution in [1.82, 2.24) is 16.3 Å². The monoisotopic (exact) mass is 460 g/mol. The van der Waals surface area contributed by atoms with Gasteiger partial charge in [-0.3, -0.25) is 10.2 Å². The number of hydrogen-bond acceptors (Lipinski definition) is 7. The van der Waals surface area contributed by atoms with Gasteiger partial charge in [0, 0.05) is 18.7 Å². The molecule has 1 saturated heterocycles. The molecule has 0 radical (unpaired) electrons. The van der Waals surface area contributed by atoms with Gasteiger partial charge in [0.1, 0.15) is 0 Å². The van der Waals surface area contributed by atoms with E-state index in [-0.39, 0.29) is 12.0 Å². The minimum absolute atomic E-state index is 0.0556. The molecule has 0 bridgehead atoms. The van der Waals surface area contributed by atoms with Crippen molar-refractivity contribution < 1.29 is 19.4 Å². The molecule has 1 fully saturated rings. The molecule has 1 heterocycles. The SMILES string of the molecule is COc1ccc(C2NNCC2/C=N/NC(=O)C(O)(c2ccccc2)c2ccccc2)cc1OC. The van der Waals surface area contributed by atoms with E-state index < -0.39 is 11.5 Å². The third-order valence-electron chi connectivity index (χ3n) is 5.93. The predicted octanol–water partition coefficient (Wildman–Crippen LogP) is 2.51. The Labute approximate surface area is 198 Å². The van der Waals surface area contributed by atoms with E-state index in [9.17, 15) is 9.90 Å². The standard InChI is InChI=1S/C26H28N4O4/c1-33-22-14-13-18(15-23(22)34-2)24-19(16-27-29-24)17-28-30-25(31)26(32,20-9-5-3-6-10-20)21-11-7-4-8-12-21/h3-15,17,19,24,27,29,32H,16H2,1-2H3,(H,30,31)/b28-17+. The molecule has 3 aromatic carbocycles. The molecule has 1 amide bonds. The molecule has 4 rings (SSSR count). The largest absolute Gasteiger partial charge is 0.493 e. The fourth-order valence-electron chi connectivity index (χ4n) is 4.09. The van der Waals surface area contributed by atoms with Crippen LogP contribution in [0.5, 0.6) is 11.5 Å². The van der Waals surface area contributed by atoms with E-state index in [1.807, 2.05) is 30.3 Å². The number of benzene rings is 3. The van der Waals surface area contributed by atoms with Crippen LogP contribution in [0, 0.1) is 5.92 Å². The highest BCUT2D eigenvalue weighted by molar-refractivity contribution is 5.90. The Bertz CT molecular complexity index is 1100. The molecule has 2 unspecified atom stereocenters. The molecular weight excluding hydrogens is 432 g/mol. The number of rotatable bonds is 8. The lowest BCUT2D eigenvalue weighted by atomic mass is 9.85. The minimum atomic E-state index is -1.88. The second-order valence-corrected chi connectivity index (χ2v) is 7.94. The van der Waals surface area contributed by atoms with Gasteiger partial charge in [-0.2, -0.15) is 5.10 Å². The average molecular weight is 461 g/mol. The number of nitrogens with one attached hydrogen (secondary N) is 3. The Balaban J connectivity index is 1.53. The number of hydrazone groups is 1. The van der Waals surface area contributed by atoms with Crippen molar-refractivity contribution in [2.75, 3.05) is 20.8 Å². The molecule has 176 valence electrons. The van der Waals surface area contributed by atoms with Gasteiger partial charge >= 0.3 is 0 Å². The third kappa shape index (κ3) is 4.65. The van der Waals surface area contributed by atoms with Gasteiger partial charge in [-0.25, -0.2) is 10.9 Å². The third-order valence-corrected chi connectivity index (χ3v) is 5.93.